The normalized spacial score (nSPS) is 10.8. The largest absolute Gasteiger partial charge is 0.493 e. The molecule has 0 saturated heterocycles. The summed E-state index contributed by atoms with van der Waals surface area (Å²) in [6.07, 6.45) is -0.0324. The van der Waals surface area contributed by atoms with Gasteiger partial charge in [0.2, 0.25) is 0 Å². The van der Waals surface area contributed by atoms with E-state index in [1.165, 1.54) is 13.2 Å². The van der Waals surface area contributed by atoms with Gasteiger partial charge in [0.15, 0.2) is 18.2 Å². The summed E-state index contributed by atoms with van der Waals surface area (Å²) < 4.78 is 17.1. The molecular formula is C19H19N3O5. The van der Waals surface area contributed by atoms with E-state index >= 15 is 0 Å². The number of carbonyl (C=O) groups is 1. The number of nitrogens with zero attached hydrogens (tertiary/aromatic N) is 3. The average Bonchev–Trinajstić information content (AvgIpc) is 2.67. The molecule has 0 bridgehead atoms. The monoisotopic (exact) mass is 369 g/mol. The number of hydrogen-bond acceptors (Lipinski definition) is 7. The van der Waals surface area contributed by atoms with Crippen molar-refractivity contribution in [1.82, 2.24) is 15.0 Å². The van der Waals surface area contributed by atoms with E-state index < -0.39 is 5.97 Å². The van der Waals surface area contributed by atoms with Crippen LogP contribution in [-0.4, -0.2) is 34.2 Å². The van der Waals surface area contributed by atoms with Crippen LogP contribution in [0.1, 0.15) is 24.2 Å². The highest BCUT2D eigenvalue weighted by molar-refractivity contribution is 5.90. The summed E-state index contributed by atoms with van der Waals surface area (Å²) in [5, 5.41) is 8.13. The highest BCUT2D eigenvalue weighted by Crippen LogP contribution is 2.29. The highest BCUT2D eigenvalue weighted by Gasteiger charge is 2.14. The van der Waals surface area contributed by atoms with Crippen molar-refractivity contribution in [2.75, 3.05) is 7.11 Å². The Kier molecular flexibility index (Phi) is 5.35. The lowest BCUT2D eigenvalue weighted by Crippen LogP contribution is -2.26. The van der Waals surface area contributed by atoms with Gasteiger partial charge >= 0.3 is 5.97 Å². The number of ether oxygens (including phenoxy) is 3. The number of aromatic nitrogens is 3. The van der Waals surface area contributed by atoms with Crippen LogP contribution < -0.4 is 15.0 Å². The third-order valence-electron chi connectivity index (χ3n) is 3.71. The fourth-order valence-electron chi connectivity index (χ4n) is 2.46. The fourth-order valence-corrected chi connectivity index (χ4v) is 2.46. The second-order valence-electron chi connectivity index (χ2n) is 6.00. The summed E-state index contributed by atoms with van der Waals surface area (Å²) in [4.78, 5) is 24.7. The molecule has 0 aliphatic heterocycles. The predicted octanol–water partition coefficient (Wildman–Crippen LogP) is 2.40. The van der Waals surface area contributed by atoms with E-state index in [-0.39, 0.29) is 24.0 Å². The zero-order valence-electron chi connectivity index (χ0n) is 15.2. The lowest BCUT2D eigenvalue weighted by atomic mass is 10.2. The topological polar surface area (TPSA) is 92.5 Å². The van der Waals surface area contributed by atoms with E-state index in [0.717, 1.165) is 4.68 Å². The van der Waals surface area contributed by atoms with E-state index in [1.807, 2.05) is 13.8 Å². The summed E-state index contributed by atoms with van der Waals surface area (Å²) in [7, 11) is 1.49. The second-order valence-corrected chi connectivity index (χ2v) is 6.00. The van der Waals surface area contributed by atoms with E-state index in [2.05, 4.69) is 10.3 Å². The predicted molar refractivity (Wildman–Crippen MR) is 98.0 cm³/mol. The first kappa shape index (κ1) is 18.4. The van der Waals surface area contributed by atoms with Crippen LogP contribution in [0.5, 0.6) is 11.5 Å². The number of rotatable bonds is 6. The van der Waals surface area contributed by atoms with Crippen LogP contribution in [-0.2, 0) is 11.5 Å². The van der Waals surface area contributed by atoms with E-state index in [4.69, 9.17) is 14.2 Å². The van der Waals surface area contributed by atoms with Crippen LogP contribution in [0.4, 0.5) is 0 Å². The summed E-state index contributed by atoms with van der Waals surface area (Å²) >= 11 is 0. The first-order valence-electron chi connectivity index (χ1n) is 8.34. The molecule has 2 aromatic carbocycles. The quantitative estimate of drug-likeness (QED) is 0.616. The average molecular weight is 369 g/mol. The zero-order valence-corrected chi connectivity index (χ0v) is 15.2. The zero-order chi connectivity index (χ0) is 19.4. The molecule has 0 N–H and O–H groups in total. The molecule has 0 unspecified atom stereocenters. The van der Waals surface area contributed by atoms with Crippen LogP contribution in [0.3, 0.4) is 0 Å². The number of methoxy groups -OCH3 is 1. The van der Waals surface area contributed by atoms with Crippen molar-refractivity contribution in [3.8, 4) is 11.5 Å². The van der Waals surface area contributed by atoms with Crippen molar-refractivity contribution in [2.45, 2.75) is 26.7 Å². The van der Waals surface area contributed by atoms with Crippen LogP contribution in [0.2, 0.25) is 0 Å². The number of esters is 1. The summed E-state index contributed by atoms with van der Waals surface area (Å²) in [5.41, 5.74) is 0.368. The van der Waals surface area contributed by atoms with E-state index in [1.54, 1.807) is 36.4 Å². The van der Waals surface area contributed by atoms with Crippen LogP contribution in [0, 0.1) is 0 Å². The first-order valence-corrected chi connectivity index (χ1v) is 8.34. The van der Waals surface area contributed by atoms with E-state index in [9.17, 15) is 9.59 Å². The van der Waals surface area contributed by atoms with Gasteiger partial charge in [-0.15, -0.1) is 5.10 Å². The standard InChI is InChI=1S/C19H19N3O5/c1-12(2)27-16-9-8-13(10-17(16)25-3)19(24)26-11-22-18(23)14-6-4-5-7-15(14)20-21-22/h4-10,12H,11H2,1-3H3. The van der Waals surface area contributed by atoms with Crippen molar-refractivity contribution < 1.29 is 19.0 Å². The van der Waals surface area contributed by atoms with Gasteiger partial charge in [-0.25, -0.2) is 4.79 Å². The second kappa shape index (κ2) is 7.86. The molecule has 1 aromatic heterocycles. The molecule has 1 heterocycles. The van der Waals surface area contributed by atoms with E-state index in [0.29, 0.717) is 22.4 Å². The minimum Gasteiger partial charge on any atom is -0.493 e. The highest BCUT2D eigenvalue weighted by atomic mass is 16.5. The van der Waals surface area contributed by atoms with Crippen molar-refractivity contribution in [1.29, 1.82) is 0 Å². The van der Waals surface area contributed by atoms with Crippen molar-refractivity contribution >= 4 is 16.9 Å². The summed E-state index contributed by atoms with van der Waals surface area (Å²) in [5.74, 6) is 0.327. The minimum absolute atomic E-state index is 0.0324. The molecule has 0 atom stereocenters. The van der Waals surface area contributed by atoms with Gasteiger partial charge in [-0.2, -0.15) is 4.68 Å². The molecular weight excluding hydrogens is 350 g/mol. The number of hydrogen-bond donors (Lipinski definition) is 0. The van der Waals surface area contributed by atoms with Gasteiger partial charge < -0.3 is 14.2 Å². The first-order chi connectivity index (χ1) is 13.0. The van der Waals surface area contributed by atoms with Gasteiger partial charge in [0.1, 0.15) is 5.52 Å². The Hall–Kier alpha value is -3.42. The van der Waals surface area contributed by atoms with Gasteiger partial charge in [-0.3, -0.25) is 4.79 Å². The molecule has 0 spiro atoms. The van der Waals surface area contributed by atoms with Crippen molar-refractivity contribution in [2.24, 2.45) is 0 Å². The Morgan fingerprint density at radius 1 is 1.15 bits per heavy atom. The molecule has 0 amide bonds. The SMILES string of the molecule is COc1cc(C(=O)OCn2nnc3ccccc3c2=O)ccc1OC(C)C. The number of benzene rings is 2. The molecule has 27 heavy (non-hydrogen) atoms. The molecule has 0 saturated carbocycles. The maximum Gasteiger partial charge on any atom is 0.340 e. The maximum absolute atomic E-state index is 12.4. The molecule has 140 valence electrons. The summed E-state index contributed by atoms with van der Waals surface area (Å²) in [6, 6.07) is 11.6. The molecule has 0 aliphatic carbocycles. The Balaban J connectivity index is 1.76. The van der Waals surface area contributed by atoms with Gasteiger partial charge in [0, 0.05) is 0 Å². The number of fused-ring (bicyclic) bond motifs is 1. The fraction of sp³-hybridized carbons (Fsp3) is 0.263. The van der Waals surface area contributed by atoms with Crippen LogP contribution in [0.15, 0.2) is 47.3 Å². The van der Waals surface area contributed by atoms with Gasteiger partial charge in [-0.05, 0) is 44.2 Å². The Bertz CT molecular complexity index is 1030. The van der Waals surface area contributed by atoms with Gasteiger partial charge in [0.25, 0.3) is 5.56 Å². The summed E-state index contributed by atoms with van der Waals surface area (Å²) in [6.45, 7) is 3.44. The lowest BCUT2D eigenvalue weighted by Gasteiger charge is -2.14. The van der Waals surface area contributed by atoms with Crippen molar-refractivity contribution in [3.05, 3.63) is 58.4 Å². The van der Waals surface area contributed by atoms with Crippen molar-refractivity contribution in [3.63, 3.8) is 0 Å². The molecule has 3 aromatic rings. The molecule has 8 nitrogen and oxygen atoms in total. The third kappa shape index (κ3) is 4.05. The molecule has 0 radical (unpaired) electrons. The molecule has 0 fully saturated rings. The minimum atomic E-state index is -0.619. The Morgan fingerprint density at radius 2 is 1.93 bits per heavy atom. The third-order valence-corrected chi connectivity index (χ3v) is 3.71. The maximum atomic E-state index is 12.4. The molecule has 8 heteroatoms. The van der Waals surface area contributed by atoms with Crippen LogP contribution in [0.25, 0.3) is 10.9 Å². The Morgan fingerprint density at radius 3 is 2.67 bits per heavy atom. The van der Waals surface area contributed by atoms with Gasteiger partial charge in [-0.1, -0.05) is 17.3 Å². The molecule has 0 aliphatic rings. The smallest absolute Gasteiger partial charge is 0.340 e. The van der Waals surface area contributed by atoms with Crippen LogP contribution >= 0.6 is 0 Å². The number of carbonyl (C=O) groups excluding carboxylic acids is 1. The molecule has 3 rings (SSSR count). The van der Waals surface area contributed by atoms with Gasteiger partial charge in [0.05, 0.1) is 24.2 Å². The lowest BCUT2D eigenvalue weighted by molar-refractivity contribution is 0.0335. The Labute approximate surface area is 155 Å².